The number of hydrogen-bond acceptors (Lipinski definition) is 5. The number of aryl methyl sites for hydroxylation is 2. The Kier molecular flexibility index (Phi) is 3.48. The number of nitrogens with two attached hydrogens (primary N) is 1. The molecule has 0 aliphatic heterocycles. The van der Waals surface area contributed by atoms with E-state index in [0.717, 1.165) is 5.56 Å². The monoisotopic (exact) mass is 262 g/mol. The van der Waals surface area contributed by atoms with Crippen LogP contribution in [-0.2, 0) is 6.54 Å². The molecule has 2 aromatic rings. The molecule has 0 aliphatic rings. The molecule has 0 aromatic carbocycles. The zero-order chi connectivity index (χ0) is 14.0. The van der Waals surface area contributed by atoms with Gasteiger partial charge in [0.25, 0.3) is 5.56 Å². The maximum absolute atomic E-state index is 11.7. The molecule has 1 amide bonds. The molecule has 2 rings (SSSR count). The molecule has 0 unspecified atom stereocenters. The fourth-order valence-corrected chi connectivity index (χ4v) is 1.66. The Bertz CT molecular complexity index is 672. The Morgan fingerprint density at radius 2 is 2.21 bits per heavy atom. The van der Waals surface area contributed by atoms with Crippen LogP contribution in [0.5, 0.6) is 0 Å². The van der Waals surface area contributed by atoms with Crippen LogP contribution in [0.15, 0.2) is 27.5 Å². The van der Waals surface area contributed by atoms with E-state index in [1.807, 2.05) is 5.43 Å². The summed E-state index contributed by atoms with van der Waals surface area (Å²) in [4.78, 5) is 23.1. The molecule has 0 aliphatic carbocycles. The predicted octanol–water partition coefficient (Wildman–Crippen LogP) is 0.105. The lowest BCUT2D eigenvalue weighted by molar-refractivity contribution is 0.0924. The van der Waals surface area contributed by atoms with Crippen LogP contribution >= 0.6 is 0 Å². The molecular weight excluding hydrogens is 248 g/mol. The molecule has 7 nitrogen and oxygen atoms in total. The second-order valence-electron chi connectivity index (χ2n) is 4.19. The summed E-state index contributed by atoms with van der Waals surface area (Å²) in [5.41, 5.74) is 3.29. The average molecular weight is 262 g/mol. The van der Waals surface area contributed by atoms with E-state index in [-0.39, 0.29) is 17.9 Å². The summed E-state index contributed by atoms with van der Waals surface area (Å²) in [7, 11) is 0. The third-order valence-corrected chi connectivity index (χ3v) is 2.70. The summed E-state index contributed by atoms with van der Waals surface area (Å²) in [6.45, 7) is 3.75. The van der Waals surface area contributed by atoms with Crippen LogP contribution in [0.25, 0.3) is 0 Å². The second kappa shape index (κ2) is 5.07. The number of amides is 1. The van der Waals surface area contributed by atoms with Gasteiger partial charge in [-0.25, -0.2) is 10.5 Å². The van der Waals surface area contributed by atoms with Crippen LogP contribution < -0.4 is 16.8 Å². The van der Waals surface area contributed by atoms with Crippen molar-refractivity contribution < 1.29 is 9.21 Å². The van der Waals surface area contributed by atoms with Gasteiger partial charge in [0.05, 0.1) is 12.7 Å². The van der Waals surface area contributed by atoms with Crippen LogP contribution in [0.1, 0.15) is 27.4 Å². The Balaban J connectivity index is 2.31. The molecule has 0 fully saturated rings. The van der Waals surface area contributed by atoms with Gasteiger partial charge in [-0.2, -0.15) is 5.10 Å². The molecule has 0 saturated heterocycles. The zero-order valence-electron chi connectivity index (χ0n) is 10.6. The molecule has 3 N–H and O–H groups in total. The Morgan fingerprint density at radius 1 is 1.47 bits per heavy atom. The van der Waals surface area contributed by atoms with Gasteiger partial charge in [0, 0.05) is 11.6 Å². The highest BCUT2D eigenvalue weighted by Gasteiger charge is 2.14. The van der Waals surface area contributed by atoms with E-state index in [1.165, 1.54) is 10.7 Å². The van der Waals surface area contributed by atoms with Crippen molar-refractivity contribution in [1.29, 1.82) is 0 Å². The van der Waals surface area contributed by atoms with Crippen molar-refractivity contribution >= 4 is 5.91 Å². The first-order valence-corrected chi connectivity index (χ1v) is 5.65. The largest absolute Gasteiger partial charge is 0.456 e. The molecule has 0 bridgehead atoms. The molecule has 2 aromatic heterocycles. The van der Waals surface area contributed by atoms with Gasteiger partial charge in [-0.1, -0.05) is 0 Å². The van der Waals surface area contributed by atoms with Crippen molar-refractivity contribution in [3.05, 3.63) is 51.3 Å². The highest BCUT2D eigenvalue weighted by molar-refractivity contribution is 5.91. The number of carbonyl (C=O) groups is 1. The lowest BCUT2D eigenvalue weighted by Crippen LogP contribution is -2.29. The fraction of sp³-hybridized carbons (Fsp3) is 0.250. The summed E-state index contributed by atoms with van der Waals surface area (Å²) in [5, 5.41) is 4.03. The number of furan rings is 1. The van der Waals surface area contributed by atoms with Gasteiger partial charge in [0.2, 0.25) is 0 Å². The summed E-state index contributed by atoms with van der Waals surface area (Å²) >= 11 is 0. The number of hydrogen-bond donors (Lipinski definition) is 2. The van der Waals surface area contributed by atoms with Crippen molar-refractivity contribution in [2.75, 3.05) is 0 Å². The topological polar surface area (TPSA) is 103 Å². The number of hydrazine groups is 1. The number of nitrogen functional groups attached to an aromatic ring is 1. The predicted molar refractivity (Wildman–Crippen MR) is 67.4 cm³/mol. The standard InChI is InChI=1S/C12H14N4O3/c1-7-3-11(17)16(14-5-7)6-9-4-10(12(18)15-13)19-8(9)2/h3-5H,6,13H2,1-2H3,(H,15,18). The van der Waals surface area contributed by atoms with E-state index in [4.69, 9.17) is 10.3 Å². The molecule has 0 atom stereocenters. The molecule has 100 valence electrons. The zero-order valence-corrected chi connectivity index (χ0v) is 10.6. The van der Waals surface area contributed by atoms with Gasteiger partial charge in [-0.15, -0.1) is 0 Å². The van der Waals surface area contributed by atoms with Crippen molar-refractivity contribution in [1.82, 2.24) is 15.2 Å². The second-order valence-corrected chi connectivity index (χ2v) is 4.19. The average Bonchev–Trinajstić information content (AvgIpc) is 2.73. The SMILES string of the molecule is Cc1cnn(Cc2cc(C(=O)NN)oc2C)c(=O)c1. The third kappa shape index (κ3) is 2.71. The van der Waals surface area contributed by atoms with E-state index < -0.39 is 5.91 Å². The summed E-state index contributed by atoms with van der Waals surface area (Å²) in [6, 6.07) is 3.04. The Hall–Kier alpha value is -2.41. The summed E-state index contributed by atoms with van der Waals surface area (Å²) in [5.74, 6) is 5.17. The smallest absolute Gasteiger partial charge is 0.300 e. The maximum atomic E-state index is 11.7. The lowest BCUT2D eigenvalue weighted by Gasteiger charge is -2.02. The molecule has 2 heterocycles. The molecule has 19 heavy (non-hydrogen) atoms. The fourth-order valence-electron chi connectivity index (χ4n) is 1.66. The van der Waals surface area contributed by atoms with Crippen LogP contribution in [-0.4, -0.2) is 15.7 Å². The van der Waals surface area contributed by atoms with Crippen LogP contribution in [0, 0.1) is 13.8 Å². The first-order chi connectivity index (χ1) is 9.01. The van der Waals surface area contributed by atoms with E-state index in [0.29, 0.717) is 11.3 Å². The van der Waals surface area contributed by atoms with Crippen molar-refractivity contribution in [3.63, 3.8) is 0 Å². The van der Waals surface area contributed by atoms with Crippen LogP contribution in [0.4, 0.5) is 0 Å². The summed E-state index contributed by atoms with van der Waals surface area (Å²) < 4.78 is 6.57. The summed E-state index contributed by atoms with van der Waals surface area (Å²) in [6.07, 6.45) is 1.60. The van der Waals surface area contributed by atoms with Crippen LogP contribution in [0.2, 0.25) is 0 Å². The molecular formula is C12H14N4O3. The van der Waals surface area contributed by atoms with Gasteiger partial charge in [-0.3, -0.25) is 15.0 Å². The Labute approximate surface area is 109 Å². The normalized spacial score (nSPS) is 10.5. The number of nitrogens with zero attached hydrogens (tertiary/aromatic N) is 2. The number of rotatable bonds is 3. The minimum absolute atomic E-state index is 0.107. The highest BCUT2D eigenvalue weighted by atomic mass is 16.4. The van der Waals surface area contributed by atoms with Gasteiger partial charge in [0.15, 0.2) is 5.76 Å². The van der Waals surface area contributed by atoms with E-state index in [9.17, 15) is 9.59 Å². The first kappa shape index (κ1) is 13.0. The van der Waals surface area contributed by atoms with E-state index in [1.54, 1.807) is 26.1 Å². The minimum atomic E-state index is -0.515. The number of aromatic nitrogens is 2. The molecule has 0 spiro atoms. The van der Waals surface area contributed by atoms with Crippen LogP contribution in [0.3, 0.4) is 0 Å². The lowest BCUT2D eigenvalue weighted by atomic mass is 10.2. The van der Waals surface area contributed by atoms with Crippen molar-refractivity contribution in [2.24, 2.45) is 5.84 Å². The van der Waals surface area contributed by atoms with E-state index >= 15 is 0 Å². The highest BCUT2D eigenvalue weighted by Crippen LogP contribution is 2.15. The maximum Gasteiger partial charge on any atom is 0.300 e. The Morgan fingerprint density at radius 3 is 2.84 bits per heavy atom. The van der Waals surface area contributed by atoms with Gasteiger partial charge < -0.3 is 4.42 Å². The van der Waals surface area contributed by atoms with Gasteiger partial charge >= 0.3 is 5.91 Å². The van der Waals surface area contributed by atoms with Crippen molar-refractivity contribution in [3.8, 4) is 0 Å². The molecule has 0 saturated carbocycles. The van der Waals surface area contributed by atoms with Crippen molar-refractivity contribution in [2.45, 2.75) is 20.4 Å². The first-order valence-electron chi connectivity index (χ1n) is 5.65. The molecule has 7 heteroatoms. The van der Waals surface area contributed by atoms with Gasteiger partial charge in [-0.05, 0) is 25.5 Å². The molecule has 0 radical (unpaired) electrons. The quantitative estimate of drug-likeness (QED) is 0.464. The third-order valence-electron chi connectivity index (χ3n) is 2.70. The minimum Gasteiger partial charge on any atom is -0.456 e. The number of nitrogens with one attached hydrogen (secondary N) is 1. The number of carbonyl (C=O) groups excluding carboxylic acids is 1. The van der Waals surface area contributed by atoms with E-state index in [2.05, 4.69) is 5.10 Å². The van der Waals surface area contributed by atoms with Gasteiger partial charge in [0.1, 0.15) is 5.76 Å².